The topological polar surface area (TPSA) is 53.2 Å². The van der Waals surface area contributed by atoms with Crippen molar-refractivity contribution in [2.45, 2.75) is 12.8 Å². The Bertz CT molecular complexity index is 390. The maximum Gasteiger partial charge on any atom is 0.224 e. The summed E-state index contributed by atoms with van der Waals surface area (Å²) in [6.07, 6.45) is 1.43. The molecule has 86 valence electrons. The Kier molecular flexibility index (Phi) is 3.41. The van der Waals surface area contributed by atoms with E-state index in [1.54, 1.807) is 0 Å². The number of hydrogen-bond acceptors (Lipinski definition) is 3. The molecule has 0 unspecified atom stereocenters. The number of likely N-dealkylation sites (N-methyl/N-ethyl adjacent to an activating group) is 1. The number of hydrogen-bond donors (Lipinski definition) is 3. The van der Waals surface area contributed by atoms with Gasteiger partial charge in [0.2, 0.25) is 5.91 Å². The Morgan fingerprint density at radius 1 is 1.31 bits per heavy atom. The van der Waals surface area contributed by atoms with E-state index in [0.29, 0.717) is 6.42 Å². The Morgan fingerprint density at radius 2 is 2.19 bits per heavy atom. The second-order valence-corrected chi connectivity index (χ2v) is 3.95. The highest BCUT2D eigenvalue weighted by Crippen LogP contribution is 2.25. The van der Waals surface area contributed by atoms with Gasteiger partial charge in [-0.15, -0.1) is 0 Å². The molecule has 0 spiro atoms. The highest BCUT2D eigenvalue weighted by atomic mass is 16.1. The number of anilines is 2. The number of amides is 1. The molecule has 1 aliphatic heterocycles. The van der Waals surface area contributed by atoms with E-state index in [2.05, 4.69) is 22.0 Å². The first-order valence-corrected chi connectivity index (χ1v) is 5.61. The molecule has 0 fully saturated rings. The molecule has 0 bridgehead atoms. The summed E-state index contributed by atoms with van der Waals surface area (Å²) in [5.74, 6) is 0.114. The molecular weight excluding hydrogens is 202 g/mol. The van der Waals surface area contributed by atoms with Crippen molar-refractivity contribution in [3.8, 4) is 0 Å². The third-order valence-electron chi connectivity index (χ3n) is 2.70. The molecule has 4 nitrogen and oxygen atoms in total. The lowest BCUT2D eigenvalue weighted by Gasteiger charge is -2.18. The molecule has 0 aromatic heterocycles. The van der Waals surface area contributed by atoms with Gasteiger partial charge in [-0.2, -0.15) is 0 Å². The minimum Gasteiger partial charge on any atom is -0.384 e. The van der Waals surface area contributed by atoms with Crippen LogP contribution >= 0.6 is 0 Å². The molecule has 0 saturated heterocycles. The molecule has 0 radical (unpaired) electrons. The summed E-state index contributed by atoms with van der Waals surface area (Å²) in [7, 11) is 1.93. The number of nitrogens with one attached hydrogen (secondary N) is 3. The molecule has 1 heterocycles. The van der Waals surface area contributed by atoms with Crippen LogP contribution in [-0.2, 0) is 11.2 Å². The highest BCUT2D eigenvalue weighted by molar-refractivity contribution is 5.94. The summed E-state index contributed by atoms with van der Waals surface area (Å²) < 4.78 is 0. The minimum atomic E-state index is 0.114. The molecule has 1 aromatic rings. The Balaban J connectivity index is 2.04. The van der Waals surface area contributed by atoms with E-state index in [0.717, 1.165) is 30.9 Å². The molecular formula is C12H17N3O. The fraction of sp³-hybridized carbons (Fsp3) is 0.417. The normalized spacial score (nSPS) is 14.2. The monoisotopic (exact) mass is 219 g/mol. The fourth-order valence-electron chi connectivity index (χ4n) is 1.83. The van der Waals surface area contributed by atoms with Gasteiger partial charge in [0.25, 0.3) is 0 Å². The number of carbonyl (C=O) groups is 1. The van der Waals surface area contributed by atoms with E-state index in [9.17, 15) is 4.79 Å². The number of aryl methyl sites for hydroxylation is 1. The number of benzene rings is 1. The first-order chi connectivity index (χ1) is 7.79. The van der Waals surface area contributed by atoms with E-state index in [4.69, 9.17) is 0 Å². The van der Waals surface area contributed by atoms with Gasteiger partial charge >= 0.3 is 0 Å². The summed E-state index contributed by atoms with van der Waals surface area (Å²) >= 11 is 0. The summed E-state index contributed by atoms with van der Waals surface area (Å²) in [6.45, 7) is 1.84. The minimum absolute atomic E-state index is 0.114. The molecule has 1 amide bonds. The second-order valence-electron chi connectivity index (χ2n) is 3.95. The van der Waals surface area contributed by atoms with Gasteiger partial charge in [-0.25, -0.2) is 0 Å². The average Bonchev–Trinajstić information content (AvgIpc) is 2.29. The van der Waals surface area contributed by atoms with Gasteiger partial charge in [0.15, 0.2) is 0 Å². The number of carbonyl (C=O) groups excluding carboxylic acids is 1. The lowest BCUT2D eigenvalue weighted by molar-refractivity contribution is -0.116. The molecule has 3 N–H and O–H groups in total. The van der Waals surface area contributed by atoms with Crippen molar-refractivity contribution < 1.29 is 4.79 Å². The van der Waals surface area contributed by atoms with Crippen molar-refractivity contribution >= 4 is 17.3 Å². The Labute approximate surface area is 95.4 Å². The van der Waals surface area contributed by atoms with Crippen LogP contribution < -0.4 is 16.0 Å². The standard InChI is InChI=1S/C12H17N3O/c1-13-6-7-14-10-3-4-11-9(8-10)2-5-12(16)15-11/h3-4,8,13-14H,2,5-7H2,1H3,(H,15,16). The molecule has 2 rings (SSSR count). The zero-order valence-corrected chi connectivity index (χ0v) is 9.47. The largest absolute Gasteiger partial charge is 0.384 e. The molecule has 1 aromatic carbocycles. The third kappa shape index (κ3) is 2.52. The van der Waals surface area contributed by atoms with E-state index in [1.807, 2.05) is 19.2 Å². The van der Waals surface area contributed by atoms with Crippen LogP contribution in [0.25, 0.3) is 0 Å². The van der Waals surface area contributed by atoms with Crippen LogP contribution in [0.5, 0.6) is 0 Å². The zero-order valence-electron chi connectivity index (χ0n) is 9.47. The van der Waals surface area contributed by atoms with Crippen LogP contribution in [0.15, 0.2) is 18.2 Å². The van der Waals surface area contributed by atoms with Crippen molar-refractivity contribution in [2.75, 3.05) is 30.8 Å². The van der Waals surface area contributed by atoms with Crippen molar-refractivity contribution in [3.05, 3.63) is 23.8 Å². The predicted molar refractivity (Wildman–Crippen MR) is 65.8 cm³/mol. The van der Waals surface area contributed by atoms with Gasteiger partial charge < -0.3 is 16.0 Å². The third-order valence-corrected chi connectivity index (χ3v) is 2.70. The van der Waals surface area contributed by atoms with Gasteiger partial charge in [0.05, 0.1) is 0 Å². The molecule has 0 saturated carbocycles. The maximum absolute atomic E-state index is 11.2. The fourth-order valence-corrected chi connectivity index (χ4v) is 1.83. The summed E-state index contributed by atoms with van der Waals surface area (Å²) in [6, 6.07) is 6.08. The van der Waals surface area contributed by atoms with Crippen LogP contribution in [0.3, 0.4) is 0 Å². The van der Waals surface area contributed by atoms with Gasteiger partial charge in [0.1, 0.15) is 0 Å². The Morgan fingerprint density at radius 3 is 3.00 bits per heavy atom. The van der Waals surface area contributed by atoms with Gasteiger partial charge in [-0.3, -0.25) is 4.79 Å². The predicted octanol–water partition coefficient (Wildman–Crippen LogP) is 1.20. The smallest absolute Gasteiger partial charge is 0.224 e. The lowest BCUT2D eigenvalue weighted by Crippen LogP contribution is -2.20. The van der Waals surface area contributed by atoms with Crippen molar-refractivity contribution in [3.63, 3.8) is 0 Å². The van der Waals surface area contributed by atoms with Crippen molar-refractivity contribution in [1.82, 2.24) is 5.32 Å². The van der Waals surface area contributed by atoms with E-state index < -0.39 is 0 Å². The summed E-state index contributed by atoms with van der Waals surface area (Å²) in [5.41, 5.74) is 3.29. The highest BCUT2D eigenvalue weighted by Gasteiger charge is 2.14. The van der Waals surface area contributed by atoms with Crippen LogP contribution in [0, 0.1) is 0 Å². The van der Waals surface area contributed by atoms with Crippen LogP contribution in [-0.4, -0.2) is 26.0 Å². The van der Waals surface area contributed by atoms with Gasteiger partial charge in [-0.1, -0.05) is 0 Å². The van der Waals surface area contributed by atoms with Crippen LogP contribution in [0.4, 0.5) is 11.4 Å². The van der Waals surface area contributed by atoms with Crippen molar-refractivity contribution in [2.24, 2.45) is 0 Å². The molecule has 4 heteroatoms. The first-order valence-electron chi connectivity index (χ1n) is 5.61. The van der Waals surface area contributed by atoms with Gasteiger partial charge in [-0.05, 0) is 37.2 Å². The molecule has 1 aliphatic rings. The van der Waals surface area contributed by atoms with E-state index >= 15 is 0 Å². The van der Waals surface area contributed by atoms with Gasteiger partial charge in [0, 0.05) is 30.9 Å². The van der Waals surface area contributed by atoms with E-state index in [-0.39, 0.29) is 5.91 Å². The summed E-state index contributed by atoms with van der Waals surface area (Å²) in [4.78, 5) is 11.2. The maximum atomic E-state index is 11.2. The lowest BCUT2D eigenvalue weighted by atomic mass is 10.0. The molecule has 0 aliphatic carbocycles. The molecule has 0 atom stereocenters. The number of rotatable bonds is 4. The quantitative estimate of drug-likeness (QED) is 0.667. The zero-order chi connectivity index (χ0) is 11.4. The SMILES string of the molecule is CNCCNc1ccc2c(c1)CCC(=O)N2. The number of fused-ring (bicyclic) bond motifs is 1. The Hall–Kier alpha value is -1.55. The van der Waals surface area contributed by atoms with E-state index in [1.165, 1.54) is 5.56 Å². The van der Waals surface area contributed by atoms with Crippen LogP contribution in [0.1, 0.15) is 12.0 Å². The van der Waals surface area contributed by atoms with Crippen molar-refractivity contribution in [1.29, 1.82) is 0 Å². The molecule has 16 heavy (non-hydrogen) atoms. The first kappa shape index (κ1) is 11.0. The summed E-state index contributed by atoms with van der Waals surface area (Å²) in [5, 5.41) is 9.29. The average molecular weight is 219 g/mol. The second kappa shape index (κ2) is 4.99. The van der Waals surface area contributed by atoms with Crippen LogP contribution in [0.2, 0.25) is 0 Å².